The lowest BCUT2D eigenvalue weighted by Gasteiger charge is -2.11. The van der Waals surface area contributed by atoms with Crippen molar-refractivity contribution < 1.29 is 19.0 Å². The highest BCUT2D eigenvalue weighted by Gasteiger charge is 2.05. The molecule has 0 aromatic heterocycles. The Labute approximate surface area is 95.9 Å². The van der Waals surface area contributed by atoms with Gasteiger partial charge >= 0.3 is 0 Å². The fraction of sp³-hybridized carbons (Fsp3) is 0.400. The Morgan fingerprint density at radius 3 is 2.73 bits per heavy atom. The van der Waals surface area contributed by atoms with Crippen LogP contribution in [0.2, 0.25) is 0 Å². The van der Waals surface area contributed by atoms with E-state index in [2.05, 4.69) is 15.9 Å². The molecule has 1 atom stereocenters. The number of benzene rings is 1. The summed E-state index contributed by atoms with van der Waals surface area (Å²) >= 11 is 3.14. The van der Waals surface area contributed by atoms with Crippen molar-refractivity contribution in [3.8, 4) is 5.75 Å². The summed E-state index contributed by atoms with van der Waals surface area (Å²) in [4.78, 5) is 0. The third kappa shape index (κ3) is 4.59. The Morgan fingerprint density at radius 2 is 2.13 bits per heavy atom. The lowest BCUT2D eigenvalue weighted by molar-refractivity contribution is 0.0324. The highest BCUT2D eigenvalue weighted by atomic mass is 79.9. The Kier molecular flexibility index (Phi) is 5.01. The normalized spacial score (nSPS) is 12.5. The maximum absolute atomic E-state index is 12.9. The van der Waals surface area contributed by atoms with Crippen molar-refractivity contribution in [3.05, 3.63) is 28.5 Å². The van der Waals surface area contributed by atoms with Crippen LogP contribution in [0.15, 0.2) is 22.7 Å². The molecule has 0 heterocycles. The van der Waals surface area contributed by atoms with Crippen molar-refractivity contribution in [2.24, 2.45) is 0 Å². The Balaban J connectivity index is 2.50. The number of ether oxygens (including phenoxy) is 2. The number of halogens is 2. The van der Waals surface area contributed by atoms with Gasteiger partial charge in [-0.05, 0) is 12.1 Å². The van der Waals surface area contributed by atoms with Gasteiger partial charge in [0, 0.05) is 17.6 Å². The molecule has 0 radical (unpaired) electrons. The minimum atomic E-state index is -0.711. The van der Waals surface area contributed by atoms with Crippen LogP contribution in [0, 0.1) is 5.82 Å². The van der Waals surface area contributed by atoms with E-state index in [4.69, 9.17) is 9.47 Å². The van der Waals surface area contributed by atoms with Crippen molar-refractivity contribution in [2.45, 2.75) is 6.10 Å². The highest BCUT2D eigenvalue weighted by Crippen LogP contribution is 2.20. The Morgan fingerprint density at radius 1 is 1.40 bits per heavy atom. The van der Waals surface area contributed by atoms with Crippen LogP contribution in [0.3, 0.4) is 0 Å². The maximum atomic E-state index is 12.9. The Hall–Kier alpha value is -0.650. The fourth-order valence-corrected chi connectivity index (χ4v) is 1.49. The minimum Gasteiger partial charge on any atom is -0.491 e. The molecule has 0 fully saturated rings. The second kappa shape index (κ2) is 6.05. The van der Waals surface area contributed by atoms with Crippen LogP contribution in [0.4, 0.5) is 4.39 Å². The molecule has 0 saturated heterocycles. The summed E-state index contributed by atoms with van der Waals surface area (Å²) in [6, 6.07) is 4.21. The molecule has 0 bridgehead atoms. The molecule has 0 aliphatic carbocycles. The first-order valence-corrected chi connectivity index (χ1v) is 5.17. The molecule has 3 nitrogen and oxygen atoms in total. The predicted octanol–water partition coefficient (Wildman–Crippen LogP) is 1.97. The zero-order chi connectivity index (χ0) is 11.3. The van der Waals surface area contributed by atoms with Crippen LogP contribution in [-0.4, -0.2) is 31.5 Å². The van der Waals surface area contributed by atoms with Crippen LogP contribution >= 0.6 is 15.9 Å². The number of hydrogen-bond donors (Lipinski definition) is 1. The maximum Gasteiger partial charge on any atom is 0.128 e. The van der Waals surface area contributed by atoms with Crippen molar-refractivity contribution in [1.82, 2.24) is 0 Å². The van der Waals surface area contributed by atoms with E-state index in [1.54, 1.807) is 6.07 Å². The SMILES string of the molecule is COC[C@H](O)COc1cc(F)cc(Br)c1. The molecule has 0 aliphatic heterocycles. The average molecular weight is 279 g/mol. The van der Waals surface area contributed by atoms with E-state index < -0.39 is 6.10 Å². The van der Waals surface area contributed by atoms with Gasteiger partial charge in [0.1, 0.15) is 24.3 Å². The van der Waals surface area contributed by atoms with E-state index in [0.717, 1.165) is 0 Å². The summed E-state index contributed by atoms with van der Waals surface area (Å²) in [5, 5.41) is 9.29. The molecule has 0 spiro atoms. The zero-order valence-electron chi connectivity index (χ0n) is 8.24. The summed E-state index contributed by atoms with van der Waals surface area (Å²) in [7, 11) is 1.49. The van der Waals surface area contributed by atoms with E-state index in [1.165, 1.54) is 19.2 Å². The second-order valence-corrected chi connectivity index (χ2v) is 3.94. The van der Waals surface area contributed by atoms with Crippen LogP contribution in [0.1, 0.15) is 0 Å². The molecule has 15 heavy (non-hydrogen) atoms. The lowest BCUT2D eigenvalue weighted by atomic mass is 10.3. The van der Waals surface area contributed by atoms with Gasteiger partial charge < -0.3 is 14.6 Å². The van der Waals surface area contributed by atoms with Crippen LogP contribution in [-0.2, 0) is 4.74 Å². The molecule has 5 heteroatoms. The average Bonchev–Trinajstić information content (AvgIpc) is 2.14. The largest absolute Gasteiger partial charge is 0.491 e. The van der Waals surface area contributed by atoms with Crippen molar-refractivity contribution in [2.75, 3.05) is 20.3 Å². The quantitative estimate of drug-likeness (QED) is 0.895. The summed E-state index contributed by atoms with van der Waals surface area (Å²) in [5.41, 5.74) is 0. The number of aliphatic hydroxyl groups excluding tert-OH is 1. The third-order valence-electron chi connectivity index (χ3n) is 1.64. The molecule has 1 aromatic rings. The first-order chi connectivity index (χ1) is 7.11. The van der Waals surface area contributed by atoms with E-state index >= 15 is 0 Å². The monoisotopic (exact) mass is 278 g/mol. The van der Waals surface area contributed by atoms with Crippen molar-refractivity contribution >= 4 is 15.9 Å². The third-order valence-corrected chi connectivity index (χ3v) is 2.10. The molecular formula is C10H12BrFO3. The smallest absolute Gasteiger partial charge is 0.128 e. The molecule has 0 amide bonds. The molecular weight excluding hydrogens is 267 g/mol. The van der Waals surface area contributed by atoms with E-state index in [1.807, 2.05) is 0 Å². The number of rotatable bonds is 5. The van der Waals surface area contributed by atoms with E-state index in [9.17, 15) is 9.50 Å². The van der Waals surface area contributed by atoms with Gasteiger partial charge in [0.15, 0.2) is 0 Å². The topological polar surface area (TPSA) is 38.7 Å². The van der Waals surface area contributed by atoms with E-state index in [0.29, 0.717) is 10.2 Å². The van der Waals surface area contributed by atoms with Crippen LogP contribution < -0.4 is 4.74 Å². The van der Waals surface area contributed by atoms with Crippen LogP contribution in [0.25, 0.3) is 0 Å². The predicted molar refractivity (Wildman–Crippen MR) is 57.5 cm³/mol. The van der Waals surface area contributed by atoms with Gasteiger partial charge in [-0.15, -0.1) is 0 Å². The van der Waals surface area contributed by atoms with Gasteiger partial charge in [-0.1, -0.05) is 15.9 Å². The number of aliphatic hydroxyl groups is 1. The first kappa shape index (κ1) is 12.4. The summed E-state index contributed by atoms with van der Waals surface area (Å²) in [5.74, 6) is -0.0161. The van der Waals surface area contributed by atoms with Gasteiger partial charge in [0.25, 0.3) is 0 Å². The molecule has 0 unspecified atom stereocenters. The van der Waals surface area contributed by atoms with Gasteiger partial charge in [-0.3, -0.25) is 0 Å². The molecule has 84 valence electrons. The van der Waals surface area contributed by atoms with Gasteiger partial charge in [0.2, 0.25) is 0 Å². The zero-order valence-corrected chi connectivity index (χ0v) is 9.83. The van der Waals surface area contributed by atoms with Gasteiger partial charge in [0.05, 0.1) is 6.61 Å². The van der Waals surface area contributed by atoms with Gasteiger partial charge in [-0.25, -0.2) is 4.39 Å². The van der Waals surface area contributed by atoms with Gasteiger partial charge in [-0.2, -0.15) is 0 Å². The number of methoxy groups -OCH3 is 1. The first-order valence-electron chi connectivity index (χ1n) is 4.37. The summed E-state index contributed by atoms with van der Waals surface area (Å²) in [6.45, 7) is 0.264. The number of hydrogen-bond acceptors (Lipinski definition) is 3. The van der Waals surface area contributed by atoms with Crippen molar-refractivity contribution in [1.29, 1.82) is 0 Å². The molecule has 0 aliphatic rings. The molecule has 1 N–H and O–H groups in total. The summed E-state index contributed by atoms with van der Waals surface area (Å²) in [6.07, 6.45) is -0.711. The van der Waals surface area contributed by atoms with E-state index in [-0.39, 0.29) is 19.0 Å². The van der Waals surface area contributed by atoms with Crippen molar-refractivity contribution in [3.63, 3.8) is 0 Å². The molecule has 1 aromatic carbocycles. The van der Waals surface area contributed by atoms with Crippen LogP contribution in [0.5, 0.6) is 5.75 Å². The lowest BCUT2D eigenvalue weighted by Crippen LogP contribution is -2.22. The molecule has 1 rings (SSSR count). The highest BCUT2D eigenvalue weighted by molar-refractivity contribution is 9.10. The fourth-order valence-electron chi connectivity index (χ4n) is 1.04. The minimum absolute atomic E-state index is 0.0731. The standard InChI is InChI=1S/C10H12BrFO3/c1-14-5-9(13)6-15-10-3-7(11)2-8(12)4-10/h2-4,9,13H,5-6H2,1H3/t9-/m0/s1. The Bertz CT molecular complexity index is 299. The second-order valence-electron chi connectivity index (χ2n) is 3.03. The molecule has 0 saturated carbocycles. The summed E-state index contributed by atoms with van der Waals surface area (Å²) < 4.78 is 23.4.